The first kappa shape index (κ1) is 46.5. The lowest BCUT2D eigenvalue weighted by Crippen LogP contribution is -1.94. The van der Waals surface area contributed by atoms with E-state index < -0.39 is 0 Å². The Morgan fingerprint density at radius 3 is 0.907 bits per heavy atom. The van der Waals surface area contributed by atoms with Crippen molar-refractivity contribution < 1.29 is 0 Å². The Morgan fingerprint density at radius 2 is 0.480 bits per heavy atom. The van der Waals surface area contributed by atoms with Crippen LogP contribution in [0.5, 0.6) is 0 Å². The molecular formula is C72H53N3. The molecule has 3 heterocycles. The predicted molar refractivity (Wildman–Crippen MR) is 314 cm³/mol. The molecule has 0 radical (unpaired) electrons. The second-order valence-electron chi connectivity index (χ2n) is 19.4. The van der Waals surface area contributed by atoms with Gasteiger partial charge < -0.3 is 0 Å². The number of aromatic nitrogens is 3. The van der Waals surface area contributed by atoms with Gasteiger partial charge in [0.2, 0.25) is 0 Å². The highest BCUT2D eigenvalue weighted by molar-refractivity contribution is 5.97. The third kappa shape index (κ3) is 9.76. The number of benzene rings is 9. The van der Waals surface area contributed by atoms with Crippen LogP contribution in [0.15, 0.2) is 267 Å². The minimum atomic E-state index is 0.953. The summed E-state index contributed by atoms with van der Waals surface area (Å²) < 4.78 is 0. The predicted octanol–water partition coefficient (Wildman–Crippen LogP) is 19.1. The molecular weight excluding hydrogens is 907 g/mol. The SMILES string of the molecule is Cc1ccnc(-c2ccc(-c3ccccc3-c3cc(-c4ccccc4-c4ccc(-c5cc(C)ccn5)cc4)cc(-c4ccccc4-c4ccc(-c5cc(C)ccn5)cc4-c4ccc(-c5ccccc5)cc4)c3)cc2)c1. The van der Waals surface area contributed by atoms with Gasteiger partial charge in [0, 0.05) is 35.3 Å². The lowest BCUT2D eigenvalue weighted by molar-refractivity contribution is 1.29. The third-order valence-electron chi connectivity index (χ3n) is 14.3. The molecule has 0 bridgehead atoms. The fraction of sp³-hybridized carbons (Fsp3) is 0.0417. The van der Waals surface area contributed by atoms with Gasteiger partial charge >= 0.3 is 0 Å². The molecule has 0 unspecified atom stereocenters. The van der Waals surface area contributed by atoms with Crippen LogP contribution < -0.4 is 0 Å². The number of aryl methyl sites for hydroxylation is 3. The van der Waals surface area contributed by atoms with Gasteiger partial charge in [-0.15, -0.1) is 0 Å². The van der Waals surface area contributed by atoms with Gasteiger partial charge in [0.15, 0.2) is 0 Å². The van der Waals surface area contributed by atoms with Crippen LogP contribution in [0, 0.1) is 20.8 Å². The number of nitrogens with zero attached hydrogens (tertiary/aromatic N) is 3. The summed E-state index contributed by atoms with van der Waals surface area (Å²) >= 11 is 0. The smallest absolute Gasteiger partial charge is 0.0704 e. The van der Waals surface area contributed by atoms with Crippen molar-refractivity contribution >= 4 is 0 Å². The van der Waals surface area contributed by atoms with E-state index in [1.165, 1.54) is 27.8 Å². The molecule has 0 spiro atoms. The van der Waals surface area contributed by atoms with Crippen LogP contribution in [0.4, 0.5) is 0 Å². The van der Waals surface area contributed by atoms with E-state index in [1.54, 1.807) is 0 Å². The van der Waals surface area contributed by atoms with E-state index in [1.807, 2.05) is 30.7 Å². The van der Waals surface area contributed by atoms with Crippen molar-refractivity contribution in [3.63, 3.8) is 0 Å². The molecule has 0 N–H and O–H groups in total. The van der Waals surface area contributed by atoms with Gasteiger partial charge in [-0.3, -0.25) is 15.0 Å². The number of pyridine rings is 3. The maximum Gasteiger partial charge on any atom is 0.0704 e. The second-order valence-corrected chi connectivity index (χ2v) is 19.4. The van der Waals surface area contributed by atoms with E-state index in [0.717, 1.165) is 112 Å². The fourth-order valence-corrected chi connectivity index (χ4v) is 10.4. The van der Waals surface area contributed by atoms with E-state index in [9.17, 15) is 0 Å². The van der Waals surface area contributed by atoms with Crippen molar-refractivity contribution in [3.05, 3.63) is 284 Å². The molecule has 0 saturated heterocycles. The minimum Gasteiger partial charge on any atom is -0.256 e. The fourth-order valence-electron chi connectivity index (χ4n) is 10.4. The first-order chi connectivity index (χ1) is 36.9. The van der Waals surface area contributed by atoms with E-state index in [-0.39, 0.29) is 0 Å². The first-order valence-electron chi connectivity index (χ1n) is 25.6. The van der Waals surface area contributed by atoms with Crippen molar-refractivity contribution in [3.8, 4) is 123 Å². The van der Waals surface area contributed by atoms with E-state index >= 15 is 0 Å². The van der Waals surface area contributed by atoms with Crippen LogP contribution in [-0.4, -0.2) is 15.0 Å². The minimum absolute atomic E-state index is 0.953. The van der Waals surface area contributed by atoms with Gasteiger partial charge in [-0.2, -0.15) is 0 Å². The molecule has 3 nitrogen and oxygen atoms in total. The van der Waals surface area contributed by atoms with Crippen molar-refractivity contribution in [2.75, 3.05) is 0 Å². The zero-order chi connectivity index (χ0) is 50.7. The Labute approximate surface area is 440 Å². The van der Waals surface area contributed by atoms with Crippen LogP contribution in [0.25, 0.3) is 123 Å². The van der Waals surface area contributed by atoms with Gasteiger partial charge in [-0.1, -0.05) is 188 Å². The topological polar surface area (TPSA) is 38.7 Å². The van der Waals surface area contributed by atoms with Crippen molar-refractivity contribution in [2.24, 2.45) is 0 Å². The molecule has 0 aliphatic heterocycles. The van der Waals surface area contributed by atoms with Gasteiger partial charge in [-0.25, -0.2) is 0 Å². The van der Waals surface area contributed by atoms with Crippen LogP contribution in [0.2, 0.25) is 0 Å². The molecule has 9 aromatic carbocycles. The Bertz CT molecular complexity index is 3850. The molecule has 0 fully saturated rings. The standard InChI is InChI=1S/C72H53N3/c1-48-35-38-73-70(41-48)56-29-25-53(26-30-56)62-15-7-9-17-64(62)59-44-60(65-18-10-8-16-63(65)54-27-31-57(32-28-54)71-42-49(2)36-39-74-71)46-61(45-59)66-19-11-12-20-67(66)68-34-33-58(72-43-50(3)37-40-75-72)47-69(68)55-23-21-52(22-24-55)51-13-5-4-6-14-51/h4-47H,1-3H3. The summed E-state index contributed by atoms with van der Waals surface area (Å²) in [6, 6.07) is 90.3. The Balaban J connectivity index is 1.03. The van der Waals surface area contributed by atoms with E-state index in [0.29, 0.717) is 0 Å². The molecule has 12 aromatic rings. The van der Waals surface area contributed by atoms with Gasteiger partial charge in [0.05, 0.1) is 17.1 Å². The van der Waals surface area contributed by atoms with Crippen molar-refractivity contribution in [1.29, 1.82) is 0 Å². The highest BCUT2D eigenvalue weighted by Crippen LogP contribution is 2.45. The van der Waals surface area contributed by atoms with Crippen LogP contribution in [0.3, 0.4) is 0 Å². The molecule has 0 aliphatic carbocycles. The zero-order valence-corrected chi connectivity index (χ0v) is 42.2. The third-order valence-corrected chi connectivity index (χ3v) is 14.3. The lowest BCUT2D eigenvalue weighted by Gasteiger charge is -2.19. The highest BCUT2D eigenvalue weighted by atomic mass is 14.7. The summed E-state index contributed by atoms with van der Waals surface area (Å²) in [7, 11) is 0. The molecule has 0 amide bonds. The zero-order valence-electron chi connectivity index (χ0n) is 42.2. The van der Waals surface area contributed by atoms with Crippen LogP contribution in [-0.2, 0) is 0 Å². The van der Waals surface area contributed by atoms with Crippen molar-refractivity contribution in [1.82, 2.24) is 15.0 Å². The monoisotopic (exact) mass is 959 g/mol. The Morgan fingerprint density at radius 1 is 0.187 bits per heavy atom. The van der Waals surface area contributed by atoms with Gasteiger partial charge in [0.25, 0.3) is 0 Å². The van der Waals surface area contributed by atoms with Crippen molar-refractivity contribution in [2.45, 2.75) is 20.8 Å². The number of hydrogen-bond donors (Lipinski definition) is 0. The number of rotatable bonds is 11. The summed E-state index contributed by atoms with van der Waals surface area (Å²) in [5.41, 5.74) is 28.1. The normalized spacial score (nSPS) is 11.1. The van der Waals surface area contributed by atoms with Crippen LogP contribution in [0.1, 0.15) is 16.7 Å². The molecule has 0 aliphatic rings. The van der Waals surface area contributed by atoms with E-state index in [2.05, 4.69) is 267 Å². The second kappa shape index (κ2) is 20.5. The first-order valence-corrected chi connectivity index (χ1v) is 25.6. The van der Waals surface area contributed by atoms with Crippen LogP contribution >= 0.6 is 0 Å². The summed E-state index contributed by atoms with van der Waals surface area (Å²) in [5, 5.41) is 0. The largest absolute Gasteiger partial charge is 0.256 e. The van der Waals surface area contributed by atoms with Gasteiger partial charge in [-0.05, 0) is 187 Å². The average molecular weight is 960 g/mol. The Hall–Kier alpha value is -9.57. The average Bonchev–Trinajstić information content (AvgIpc) is 3.47. The molecule has 3 heteroatoms. The molecule has 3 aromatic heterocycles. The Kier molecular flexibility index (Phi) is 12.7. The quantitative estimate of drug-likeness (QED) is 0.130. The summed E-state index contributed by atoms with van der Waals surface area (Å²) in [5.74, 6) is 0. The molecule has 0 saturated carbocycles. The summed E-state index contributed by atoms with van der Waals surface area (Å²) in [4.78, 5) is 14.2. The maximum atomic E-state index is 4.84. The molecule has 0 atom stereocenters. The molecule has 75 heavy (non-hydrogen) atoms. The molecule has 356 valence electrons. The summed E-state index contributed by atoms with van der Waals surface area (Å²) in [6.07, 6.45) is 5.67. The summed E-state index contributed by atoms with van der Waals surface area (Å²) in [6.45, 7) is 6.34. The molecule has 12 rings (SSSR count). The highest BCUT2D eigenvalue weighted by Gasteiger charge is 2.19. The maximum absolute atomic E-state index is 4.84. The van der Waals surface area contributed by atoms with Gasteiger partial charge in [0.1, 0.15) is 0 Å². The lowest BCUT2D eigenvalue weighted by atomic mass is 9.84. The number of hydrogen-bond acceptors (Lipinski definition) is 3. The van der Waals surface area contributed by atoms with E-state index in [4.69, 9.17) is 4.98 Å².